The van der Waals surface area contributed by atoms with Gasteiger partial charge in [0.2, 0.25) is 0 Å². The highest BCUT2D eigenvalue weighted by atomic mass is 19.1. The minimum atomic E-state index is -0.694. The van der Waals surface area contributed by atoms with E-state index < -0.39 is 5.54 Å². The van der Waals surface area contributed by atoms with Gasteiger partial charge in [-0.1, -0.05) is 37.6 Å². The molecule has 4 atom stereocenters. The number of Topliss-reactive ketones (excluding diaryl/α,β-unsaturated/α-hetero) is 1. The molecule has 2 aromatic rings. The summed E-state index contributed by atoms with van der Waals surface area (Å²) < 4.78 is 23.6. The fourth-order valence-electron chi connectivity index (χ4n) is 6.96. The van der Waals surface area contributed by atoms with Gasteiger partial charge in [-0.25, -0.2) is 9.18 Å². The molecule has 2 saturated heterocycles. The number of halogens is 1. The van der Waals surface area contributed by atoms with Crippen molar-refractivity contribution in [2.24, 2.45) is 11.8 Å². The smallest absolute Gasteiger partial charge is 0.337 e. The van der Waals surface area contributed by atoms with E-state index in [4.69, 9.17) is 9.47 Å². The number of rotatable bonds is 8. The zero-order valence-corrected chi connectivity index (χ0v) is 22.5. The molecule has 0 bridgehead atoms. The van der Waals surface area contributed by atoms with Crippen LogP contribution in [-0.2, 0) is 27.1 Å². The van der Waals surface area contributed by atoms with Gasteiger partial charge < -0.3 is 14.8 Å². The van der Waals surface area contributed by atoms with Gasteiger partial charge in [-0.3, -0.25) is 9.69 Å². The Morgan fingerprint density at radius 2 is 1.97 bits per heavy atom. The van der Waals surface area contributed by atoms with E-state index in [1.165, 1.54) is 25.5 Å². The molecule has 1 spiro atoms. The molecule has 0 unspecified atom stereocenters. The Kier molecular flexibility index (Phi) is 7.57. The van der Waals surface area contributed by atoms with Crippen LogP contribution in [-0.4, -0.2) is 55.5 Å². The molecule has 3 heterocycles. The SMILES string of the molecule is CC[C@@H]1CN2CC[C@]3(Nc4cccc(CCCc5ccc(F)cc5)c4C3=O)[C@@H]2C[C@@H]1/C(=C\OC)C(=O)OC. The maximum atomic E-state index is 14.2. The van der Waals surface area contributed by atoms with Gasteiger partial charge in [-0.05, 0) is 73.3 Å². The van der Waals surface area contributed by atoms with Crippen molar-refractivity contribution in [1.82, 2.24) is 4.90 Å². The molecule has 7 heteroatoms. The molecule has 2 fully saturated rings. The van der Waals surface area contributed by atoms with E-state index in [-0.39, 0.29) is 35.4 Å². The molecule has 6 nitrogen and oxygen atoms in total. The molecule has 2 aromatic carbocycles. The van der Waals surface area contributed by atoms with E-state index in [1.807, 2.05) is 24.3 Å². The lowest BCUT2D eigenvalue weighted by atomic mass is 9.71. The number of piperidine rings is 1. The summed E-state index contributed by atoms with van der Waals surface area (Å²) in [4.78, 5) is 29.4. The molecule has 0 radical (unpaired) electrons. The molecule has 0 saturated carbocycles. The highest BCUT2D eigenvalue weighted by Gasteiger charge is 2.59. The molecule has 202 valence electrons. The van der Waals surface area contributed by atoms with Crippen LogP contribution < -0.4 is 5.32 Å². The van der Waals surface area contributed by atoms with Crippen molar-refractivity contribution < 1.29 is 23.5 Å². The summed E-state index contributed by atoms with van der Waals surface area (Å²) in [6.07, 6.45) is 6.37. The van der Waals surface area contributed by atoms with Crippen molar-refractivity contribution in [3.05, 3.63) is 76.8 Å². The fraction of sp³-hybridized carbons (Fsp3) is 0.484. The highest BCUT2D eigenvalue weighted by Crippen LogP contribution is 2.49. The van der Waals surface area contributed by atoms with Crippen LogP contribution in [0.2, 0.25) is 0 Å². The number of ketones is 1. The van der Waals surface area contributed by atoms with Gasteiger partial charge in [0.1, 0.15) is 11.4 Å². The topological polar surface area (TPSA) is 67.9 Å². The van der Waals surface area contributed by atoms with Crippen LogP contribution >= 0.6 is 0 Å². The summed E-state index contributed by atoms with van der Waals surface area (Å²) in [6.45, 7) is 3.84. The molecule has 0 amide bonds. The van der Waals surface area contributed by atoms with E-state index in [0.29, 0.717) is 12.0 Å². The molecular formula is C31H37FN2O4. The molecule has 3 aliphatic heterocycles. The van der Waals surface area contributed by atoms with Crippen LogP contribution in [0.5, 0.6) is 0 Å². The first-order valence-corrected chi connectivity index (χ1v) is 13.7. The molecule has 3 aliphatic rings. The minimum absolute atomic E-state index is 0.0211. The van der Waals surface area contributed by atoms with E-state index in [1.54, 1.807) is 7.11 Å². The number of carbonyl (C=O) groups is 2. The second-order valence-electron chi connectivity index (χ2n) is 10.8. The lowest BCUT2D eigenvalue weighted by molar-refractivity contribution is -0.137. The van der Waals surface area contributed by atoms with E-state index in [0.717, 1.165) is 67.6 Å². The summed E-state index contributed by atoms with van der Waals surface area (Å²) >= 11 is 0. The Hall–Kier alpha value is -3.19. The zero-order chi connectivity index (χ0) is 26.9. The summed E-state index contributed by atoms with van der Waals surface area (Å²) in [5, 5.41) is 3.68. The number of aryl methyl sites for hydroxylation is 2. The standard InChI is InChI=1S/C31H37FN2O4/c1-4-21-18-34-16-15-31(27(34)17-24(21)25(19-37-2)30(36)38-3)29(35)28-22(9-6-10-26(28)33-31)8-5-7-20-11-13-23(32)14-12-20/h6,9-14,19,21,24,27,33H,4-5,7-8,15-18H2,1-3H3/b25-19+/t21-,24+,27+,31+/m1/s1. The maximum absolute atomic E-state index is 14.2. The first kappa shape index (κ1) is 26.4. The molecule has 38 heavy (non-hydrogen) atoms. The molecule has 0 aromatic heterocycles. The normalized spacial score (nSPS) is 26.7. The van der Waals surface area contributed by atoms with Crippen molar-refractivity contribution in [3.63, 3.8) is 0 Å². The van der Waals surface area contributed by atoms with Gasteiger partial charge in [0.15, 0.2) is 5.78 Å². The Morgan fingerprint density at radius 1 is 1.18 bits per heavy atom. The quantitative estimate of drug-likeness (QED) is 0.294. The zero-order valence-electron chi connectivity index (χ0n) is 22.5. The minimum Gasteiger partial charge on any atom is -0.504 e. The number of esters is 1. The lowest BCUT2D eigenvalue weighted by Crippen LogP contribution is -2.57. The number of hydrogen-bond donors (Lipinski definition) is 1. The Labute approximate surface area is 224 Å². The third-order valence-electron chi connectivity index (χ3n) is 8.87. The van der Waals surface area contributed by atoms with Gasteiger partial charge in [0, 0.05) is 30.4 Å². The van der Waals surface area contributed by atoms with Crippen LogP contribution in [0.4, 0.5) is 10.1 Å². The molecule has 0 aliphatic carbocycles. The summed E-state index contributed by atoms with van der Waals surface area (Å²) in [5.74, 6) is -0.191. The fourth-order valence-corrected chi connectivity index (χ4v) is 6.96. The van der Waals surface area contributed by atoms with Crippen LogP contribution in [0, 0.1) is 17.7 Å². The molecule has 5 rings (SSSR count). The second kappa shape index (κ2) is 10.9. The second-order valence-corrected chi connectivity index (χ2v) is 10.8. The number of hydrogen-bond acceptors (Lipinski definition) is 6. The van der Waals surface area contributed by atoms with Crippen molar-refractivity contribution in [3.8, 4) is 0 Å². The van der Waals surface area contributed by atoms with Crippen molar-refractivity contribution >= 4 is 17.4 Å². The number of carbonyl (C=O) groups excluding carboxylic acids is 2. The van der Waals surface area contributed by atoms with Gasteiger partial charge in [-0.2, -0.15) is 0 Å². The first-order valence-electron chi connectivity index (χ1n) is 13.7. The molecule has 1 N–H and O–H groups in total. The summed E-state index contributed by atoms with van der Waals surface area (Å²) in [7, 11) is 2.95. The lowest BCUT2D eigenvalue weighted by Gasteiger charge is -2.45. The van der Waals surface area contributed by atoms with Crippen LogP contribution in [0.1, 0.15) is 54.1 Å². The van der Waals surface area contributed by atoms with Crippen LogP contribution in [0.3, 0.4) is 0 Å². The van der Waals surface area contributed by atoms with Gasteiger partial charge in [-0.15, -0.1) is 0 Å². The number of fused-ring (bicyclic) bond motifs is 3. The third kappa shape index (κ3) is 4.62. The number of nitrogens with zero attached hydrogens (tertiary/aromatic N) is 1. The van der Waals surface area contributed by atoms with Gasteiger partial charge in [0.05, 0.1) is 26.1 Å². The van der Waals surface area contributed by atoms with Crippen molar-refractivity contribution in [2.75, 3.05) is 32.6 Å². The monoisotopic (exact) mass is 520 g/mol. The average Bonchev–Trinajstić information content (AvgIpc) is 3.44. The third-order valence-corrected chi connectivity index (χ3v) is 8.87. The van der Waals surface area contributed by atoms with E-state index in [9.17, 15) is 14.0 Å². The van der Waals surface area contributed by atoms with Gasteiger partial charge in [0.25, 0.3) is 0 Å². The average molecular weight is 521 g/mol. The van der Waals surface area contributed by atoms with E-state index >= 15 is 0 Å². The number of nitrogens with one attached hydrogen (secondary N) is 1. The largest absolute Gasteiger partial charge is 0.504 e. The number of methoxy groups -OCH3 is 2. The number of benzene rings is 2. The van der Waals surface area contributed by atoms with Gasteiger partial charge >= 0.3 is 5.97 Å². The number of anilines is 1. The van der Waals surface area contributed by atoms with Crippen molar-refractivity contribution in [2.45, 2.75) is 57.0 Å². The summed E-state index contributed by atoms with van der Waals surface area (Å²) in [6, 6.07) is 12.7. The predicted octanol–water partition coefficient (Wildman–Crippen LogP) is 5.17. The van der Waals surface area contributed by atoms with E-state index in [2.05, 4.69) is 23.2 Å². The summed E-state index contributed by atoms with van der Waals surface area (Å²) in [5.41, 5.74) is 3.73. The van der Waals surface area contributed by atoms with Crippen LogP contribution in [0.25, 0.3) is 0 Å². The highest BCUT2D eigenvalue weighted by molar-refractivity contribution is 6.15. The predicted molar refractivity (Wildman–Crippen MR) is 145 cm³/mol. The molecular weight excluding hydrogens is 483 g/mol. The Morgan fingerprint density at radius 3 is 2.68 bits per heavy atom. The first-order chi connectivity index (χ1) is 18.4. The number of ether oxygens (including phenoxy) is 2. The Balaban J connectivity index is 1.38. The van der Waals surface area contributed by atoms with Crippen molar-refractivity contribution in [1.29, 1.82) is 0 Å². The maximum Gasteiger partial charge on any atom is 0.337 e. The Bertz CT molecular complexity index is 1230. The van der Waals surface area contributed by atoms with Crippen LogP contribution in [0.15, 0.2) is 54.3 Å².